The summed E-state index contributed by atoms with van der Waals surface area (Å²) < 4.78 is 15.6. The Kier molecular flexibility index (Phi) is 5.53. The van der Waals surface area contributed by atoms with Gasteiger partial charge in [-0.25, -0.2) is 4.39 Å². The van der Waals surface area contributed by atoms with Crippen molar-refractivity contribution in [3.05, 3.63) is 41.7 Å². The monoisotopic (exact) mass is 373 g/mol. The van der Waals surface area contributed by atoms with Crippen LogP contribution in [0.5, 0.6) is 0 Å². The topological polar surface area (TPSA) is 80.1 Å². The number of nitrogens with zero attached hydrogens (tertiary/aromatic N) is 4. The zero-order valence-electron chi connectivity index (χ0n) is 15.8. The molecule has 144 valence electrons. The predicted molar refractivity (Wildman–Crippen MR) is 98.3 cm³/mol. The van der Waals surface area contributed by atoms with Gasteiger partial charge in [0, 0.05) is 18.8 Å². The van der Waals surface area contributed by atoms with Gasteiger partial charge in [0.15, 0.2) is 5.82 Å². The van der Waals surface area contributed by atoms with Crippen molar-refractivity contribution in [3.63, 3.8) is 0 Å². The summed E-state index contributed by atoms with van der Waals surface area (Å²) in [7, 11) is 0. The van der Waals surface area contributed by atoms with Crippen LogP contribution in [-0.4, -0.2) is 38.0 Å². The Hall–Kier alpha value is -2.77. The molecule has 1 aliphatic rings. The molecule has 0 spiro atoms. The molecule has 3 rings (SSSR count). The lowest BCUT2D eigenvalue weighted by Crippen LogP contribution is -2.40. The predicted octanol–water partition coefficient (Wildman–Crippen LogP) is 2.68. The van der Waals surface area contributed by atoms with E-state index in [4.69, 9.17) is 0 Å². The number of nitrogens with one attached hydrogen (secondary N) is 1. The van der Waals surface area contributed by atoms with E-state index in [9.17, 15) is 14.0 Å². The number of halogens is 1. The van der Waals surface area contributed by atoms with Crippen LogP contribution in [0.1, 0.15) is 44.1 Å². The van der Waals surface area contributed by atoms with Crippen molar-refractivity contribution in [3.8, 4) is 0 Å². The maximum atomic E-state index is 13.7. The molecule has 1 aliphatic heterocycles. The first-order valence-electron chi connectivity index (χ1n) is 9.12. The van der Waals surface area contributed by atoms with E-state index < -0.39 is 17.6 Å². The van der Waals surface area contributed by atoms with Crippen molar-refractivity contribution < 1.29 is 14.0 Å². The molecule has 0 saturated carbocycles. The Morgan fingerprint density at radius 1 is 1.37 bits per heavy atom. The average Bonchev–Trinajstić information content (AvgIpc) is 3.25. The number of hydrogen-bond donors (Lipinski definition) is 1. The standard InChI is InChI=1S/C19H24FN5O2/c1-12(2)10-24-11-21-23-17(24)16-5-4-8-25(16)19(27)18(26)22-14-7-6-13(3)15(20)9-14/h6-7,9,11-12,16H,4-5,8,10H2,1-3H3,(H,22,26). The van der Waals surface area contributed by atoms with Crippen LogP contribution in [0.4, 0.5) is 10.1 Å². The highest BCUT2D eigenvalue weighted by molar-refractivity contribution is 6.39. The molecule has 2 amide bonds. The number of amides is 2. The Balaban J connectivity index is 1.74. The summed E-state index contributed by atoms with van der Waals surface area (Å²) in [4.78, 5) is 26.6. The van der Waals surface area contributed by atoms with E-state index >= 15 is 0 Å². The maximum Gasteiger partial charge on any atom is 0.313 e. The zero-order chi connectivity index (χ0) is 19.6. The highest BCUT2D eigenvalue weighted by Gasteiger charge is 2.36. The molecule has 1 N–H and O–H groups in total. The van der Waals surface area contributed by atoms with E-state index in [0.29, 0.717) is 23.9 Å². The zero-order valence-corrected chi connectivity index (χ0v) is 15.8. The van der Waals surface area contributed by atoms with Gasteiger partial charge >= 0.3 is 11.8 Å². The summed E-state index contributed by atoms with van der Waals surface area (Å²) in [6.07, 6.45) is 3.18. The van der Waals surface area contributed by atoms with Crippen LogP contribution in [-0.2, 0) is 16.1 Å². The Morgan fingerprint density at radius 2 is 2.15 bits per heavy atom. The third kappa shape index (κ3) is 4.15. The SMILES string of the molecule is Cc1ccc(NC(=O)C(=O)N2CCCC2c2nncn2CC(C)C)cc1F. The number of aromatic nitrogens is 3. The van der Waals surface area contributed by atoms with E-state index in [1.54, 1.807) is 25.4 Å². The van der Waals surface area contributed by atoms with Gasteiger partial charge in [-0.1, -0.05) is 19.9 Å². The van der Waals surface area contributed by atoms with E-state index in [1.165, 1.54) is 11.0 Å². The first-order valence-corrected chi connectivity index (χ1v) is 9.12. The minimum atomic E-state index is -0.778. The van der Waals surface area contributed by atoms with Crippen LogP contribution in [0, 0.1) is 18.7 Å². The molecule has 1 saturated heterocycles. The lowest BCUT2D eigenvalue weighted by molar-refractivity contribution is -0.143. The minimum absolute atomic E-state index is 0.259. The van der Waals surface area contributed by atoms with Gasteiger partial charge in [-0.3, -0.25) is 9.59 Å². The summed E-state index contributed by atoms with van der Waals surface area (Å²) in [6, 6.07) is 4.06. The Morgan fingerprint density at radius 3 is 2.85 bits per heavy atom. The first-order chi connectivity index (χ1) is 12.9. The highest BCUT2D eigenvalue weighted by Crippen LogP contribution is 2.31. The molecule has 2 heterocycles. The molecule has 1 atom stereocenters. The summed E-state index contributed by atoms with van der Waals surface area (Å²) in [5.74, 6) is -0.743. The molecule has 1 aromatic heterocycles. The molecule has 27 heavy (non-hydrogen) atoms. The molecule has 0 bridgehead atoms. The van der Waals surface area contributed by atoms with Gasteiger partial charge in [-0.15, -0.1) is 10.2 Å². The summed E-state index contributed by atoms with van der Waals surface area (Å²) in [5, 5.41) is 10.6. The van der Waals surface area contributed by atoms with Crippen LogP contribution in [0.2, 0.25) is 0 Å². The fourth-order valence-electron chi connectivity index (χ4n) is 3.32. The fourth-order valence-corrected chi connectivity index (χ4v) is 3.32. The molecule has 1 aromatic carbocycles. The summed E-state index contributed by atoms with van der Waals surface area (Å²) in [6.45, 7) is 7.04. The number of hydrogen-bond acceptors (Lipinski definition) is 4. The molecular formula is C19H24FN5O2. The minimum Gasteiger partial charge on any atom is -0.324 e. The van der Waals surface area contributed by atoms with Crippen molar-refractivity contribution in [2.24, 2.45) is 5.92 Å². The molecule has 8 heteroatoms. The van der Waals surface area contributed by atoms with Crippen molar-refractivity contribution in [1.29, 1.82) is 0 Å². The van der Waals surface area contributed by atoms with E-state index in [2.05, 4.69) is 29.4 Å². The van der Waals surface area contributed by atoms with Crippen LogP contribution in [0.3, 0.4) is 0 Å². The second kappa shape index (κ2) is 7.85. The van der Waals surface area contributed by atoms with E-state index in [1.807, 2.05) is 4.57 Å². The number of benzene rings is 1. The third-order valence-electron chi connectivity index (χ3n) is 4.64. The van der Waals surface area contributed by atoms with Gasteiger partial charge in [0.05, 0.1) is 6.04 Å². The number of anilines is 1. The normalized spacial score (nSPS) is 16.8. The second-order valence-electron chi connectivity index (χ2n) is 7.31. The van der Waals surface area contributed by atoms with Gasteiger partial charge in [0.25, 0.3) is 0 Å². The van der Waals surface area contributed by atoms with E-state index in [0.717, 1.165) is 19.4 Å². The van der Waals surface area contributed by atoms with Crippen LogP contribution in [0.15, 0.2) is 24.5 Å². The molecule has 7 nitrogen and oxygen atoms in total. The fraction of sp³-hybridized carbons (Fsp3) is 0.474. The van der Waals surface area contributed by atoms with Crippen LogP contribution < -0.4 is 5.32 Å². The molecular weight excluding hydrogens is 349 g/mol. The number of rotatable bonds is 4. The van der Waals surface area contributed by atoms with Crippen molar-refractivity contribution >= 4 is 17.5 Å². The van der Waals surface area contributed by atoms with Gasteiger partial charge in [-0.05, 0) is 43.4 Å². The smallest absolute Gasteiger partial charge is 0.313 e. The van der Waals surface area contributed by atoms with Crippen LogP contribution in [0.25, 0.3) is 0 Å². The lowest BCUT2D eigenvalue weighted by Gasteiger charge is -2.24. The van der Waals surface area contributed by atoms with Gasteiger partial charge < -0.3 is 14.8 Å². The van der Waals surface area contributed by atoms with Gasteiger partial charge in [0.1, 0.15) is 12.1 Å². The number of carbonyl (C=O) groups excluding carboxylic acids is 2. The molecule has 0 radical (unpaired) electrons. The number of likely N-dealkylation sites (tertiary alicyclic amines) is 1. The van der Waals surface area contributed by atoms with E-state index in [-0.39, 0.29) is 11.7 Å². The third-order valence-corrected chi connectivity index (χ3v) is 4.64. The highest BCUT2D eigenvalue weighted by atomic mass is 19.1. The maximum absolute atomic E-state index is 13.7. The number of carbonyl (C=O) groups is 2. The van der Waals surface area contributed by atoms with Crippen molar-refractivity contribution in [2.45, 2.75) is 46.2 Å². The van der Waals surface area contributed by atoms with Gasteiger partial charge in [-0.2, -0.15) is 0 Å². The lowest BCUT2D eigenvalue weighted by atomic mass is 10.1. The van der Waals surface area contributed by atoms with Crippen molar-refractivity contribution in [2.75, 3.05) is 11.9 Å². The second-order valence-corrected chi connectivity index (χ2v) is 7.31. The first kappa shape index (κ1) is 19.0. The molecule has 1 unspecified atom stereocenters. The molecule has 2 aromatic rings. The summed E-state index contributed by atoms with van der Waals surface area (Å²) in [5.41, 5.74) is 0.735. The average molecular weight is 373 g/mol. The summed E-state index contributed by atoms with van der Waals surface area (Å²) >= 11 is 0. The quantitative estimate of drug-likeness (QED) is 0.836. The molecule has 1 fully saturated rings. The van der Waals surface area contributed by atoms with Crippen molar-refractivity contribution in [1.82, 2.24) is 19.7 Å². The van der Waals surface area contributed by atoms with Gasteiger partial charge in [0.2, 0.25) is 0 Å². The largest absolute Gasteiger partial charge is 0.324 e. The Bertz CT molecular complexity index is 848. The Labute approximate surface area is 157 Å². The number of aryl methyl sites for hydroxylation is 1. The molecule has 0 aliphatic carbocycles. The van der Waals surface area contributed by atoms with Crippen LogP contribution >= 0.6 is 0 Å².